The number of carbonyl (C=O) groups is 2. The number of methoxy groups -OCH3 is 1. The summed E-state index contributed by atoms with van der Waals surface area (Å²) in [6, 6.07) is 0. The van der Waals surface area contributed by atoms with Crippen molar-refractivity contribution in [1.29, 1.82) is 0 Å². The summed E-state index contributed by atoms with van der Waals surface area (Å²) in [5.41, 5.74) is 0. The molecule has 0 aromatic rings. The van der Waals surface area contributed by atoms with E-state index in [0.29, 0.717) is 12.5 Å². The van der Waals surface area contributed by atoms with E-state index in [1.807, 2.05) is 0 Å². The molecular formula is C13H20O5. The van der Waals surface area contributed by atoms with E-state index in [-0.39, 0.29) is 18.4 Å². The lowest BCUT2D eigenvalue weighted by atomic mass is 9.81. The highest BCUT2D eigenvalue weighted by molar-refractivity contribution is 5.78. The van der Waals surface area contributed by atoms with Crippen LogP contribution < -0.4 is 0 Å². The molecule has 3 atom stereocenters. The summed E-state index contributed by atoms with van der Waals surface area (Å²) < 4.78 is 10.3. The van der Waals surface area contributed by atoms with Crippen LogP contribution in [0.1, 0.15) is 32.1 Å². The fourth-order valence-electron chi connectivity index (χ4n) is 2.74. The number of carboxylic acids is 1. The number of ether oxygens (including phenoxy) is 2. The predicted molar refractivity (Wildman–Crippen MR) is 62.9 cm³/mol. The average molecular weight is 256 g/mol. The molecule has 1 saturated heterocycles. The summed E-state index contributed by atoms with van der Waals surface area (Å²) in [6.07, 6.45) is 4.02. The summed E-state index contributed by atoms with van der Waals surface area (Å²) >= 11 is 0. The van der Waals surface area contributed by atoms with Gasteiger partial charge in [-0.25, -0.2) is 0 Å². The molecule has 102 valence electrons. The Morgan fingerprint density at radius 1 is 1.39 bits per heavy atom. The molecule has 0 amide bonds. The first-order chi connectivity index (χ1) is 8.61. The molecule has 0 aromatic heterocycles. The third kappa shape index (κ3) is 3.22. The van der Waals surface area contributed by atoms with E-state index >= 15 is 0 Å². The van der Waals surface area contributed by atoms with Crippen LogP contribution in [0.25, 0.3) is 0 Å². The zero-order chi connectivity index (χ0) is 13.1. The van der Waals surface area contributed by atoms with Crippen molar-refractivity contribution < 1.29 is 24.2 Å². The second kappa shape index (κ2) is 5.69. The quantitative estimate of drug-likeness (QED) is 0.754. The maximum absolute atomic E-state index is 11.3. The van der Waals surface area contributed by atoms with Gasteiger partial charge in [0, 0.05) is 6.61 Å². The molecule has 5 nitrogen and oxygen atoms in total. The topological polar surface area (TPSA) is 72.8 Å². The highest BCUT2D eigenvalue weighted by atomic mass is 16.5. The number of carboxylic acid groups (broad SMARTS) is 1. The third-order valence-corrected chi connectivity index (χ3v) is 4.00. The average Bonchev–Trinajstić information content (AvgIpc) is 3.19. The molecule has 0 spiro atoms. The van der Waals surface area contributed by atoms with Gasteiger partial charge in [0.2, 0.25) is 0 Å². The number of rotatable bonds is 5. The molecule has 2 aliphatic rings. The Morgan fingerprint density at radius 3 is 2.67 bits per heavy atom. The molecule has 0 bridgehead atoms. The maximum Gasteiger partial charge on any atom is 0.307 e. The normalized spacial score (nSPS) is 29.6. The predicted octanol–water partition coefficient (Wildman–Crippen LogP) is 1.46. The third-order valence-electron chi connectivity index (χ3n) is 4.00. The smallest absolute Gasteiger partial charge is 0.307 e. The SMILES string of the molecule is COC(=O)C[C@H](C(=O)O)[C@@H]1CCO[C@H](C2CC2)C1. The van der Waals surface area contributed by atoms with E-state index in [9.17, 15) is 14.7 Å². The lowest BCUT2D eigenvalue weighted by Gasteiger charge is -2.32. The Balaban J connectivity index is 1.95. The van der Waals surface area contributed by atoms with Gasteiger partial charge >= 0.3 is 11.9 Å². The maximum atomic E-state index is 11.3. The molecule has 1 N–H and O–H groups in total. The summed E-state index contributed by atoms with van der Waals surface area (Å²) in [4.78, 5) is 22.6. The van der Waals surface area contributed by atoms with Crippen LogP contribution in [0.15, 0.2) is 0 Å². The molecule has 18 heavy (non-hydrogen) atoms. The van der Waals surface area contributed by atoms with Crippen LogP contribution in [-0.2, 0) is 19.1 Å². The van der Waals surface area contributed by atoms with Gasteiger partial charge in [-0.3, -0.25) is 9.59 Å². The molecule has 1 aliphatic heterocycles. The second-order valence-electron chi connectivity index (χ2n) is 5.26. The molecule has 1 aliphatic carbocycles. The Morgan fingerprint density at radius 2 is 2.11 bits per heavy atom. The van der Waals surface area contributed by atoms with E-state index in [0.717, 1.165) is 12.8 Å². The highest BCUT2D eigenvalue weighted by Crippen LogP contribution is 2.41. The molecule has 0 unspecified atom stereocenters. The van der Waals surface area contributed by atoms with E-state index < -0.39 is 17.9 Å². The summed E-state index contributed by atoms with van der Waals surface area (Å²) in [5, 5.41) is 9.26. The van der Waals surface area contributed by atoms with E-state index in [1.54, 1.807) is 0 Å². The minimum atomic E-state index is -0.901. The number of esters is 1. The van der Waals surface area contributed by atoms with Crippen LogP contribution in [0.3, 0.4) is 0 Å². The van der Waals surface area contributed by atoms with Crippen molar-refractivity contribution in [3.05, 3.63) is 0 Å². The van der Waals surface area contributed by atoms with E-state index in [4.69, 9.17) is 4.74 Å². The fourth-order valence-corrected chi connectivity index (χ4v) is 2.74. The Labute approximate surface area is 106 Å². The lowest BCUT2D eigenvalue weighted by molar-refractivity contribution is -0.154. The van der Waals surface area contributed by atoms with Crippen molar-refractivity contribution in [1.82, 2.24) is 0 Å². The second-order valence-corrected chi connectivity index (χ2v) is 5.26. The first-order valence-corrected chi connectivity index (χ1v) is 6.53. The molecule has 2 rings (SSSR count). The molecule has 2 fully saturated rings. The van der Waals surface area contributed by atoms with Gasteiger partial charge in [-0.1, -0.05) is 0 Å². The monoisotopic (exact) mass is 256 g/mol. The van der Waals surface area contributed by atoms with Gasteiger partial charge in [-0.15, -0.1) is 0 Å². The number of hydrogen-bond acceptors (Lipinski definition) is 4. The standard InChI is InChI=1S/C13H20O5/c1-17-12(14)7-10(13(15)16)9-4-5-18-11(6-9)8-2-3-8/h8-11H,2-7H2,1H3,(H,15,16)/t9-,10+,11+/m1/s1. The summed E-state index contributed by atoms with van der Waals surface area (Å²) in [6.45, 7) is 0.608. The number of hydrogen-bond donors (Lipinski definition) is 1. The zero-order valence-electron chi connectivity index (χ0n) is 10.6. The molecule has 0 aromatic carbocycles. The Hall–Kier alpha value is -1.10. The summed E-state index contributed by atoms with van der Waals surface area (Å²) in [5.74, 6) is -1.34. The number of carbonyl (C=O) groups excluding carboxylic acids is 1. The molecule has 0 radical (unpaired) electrons. The van der Waals surface area contributed by atoms with Crippen LogP contribution in [0.5, 0.6) is 0 Å². The number of aliphatic carboxylic acids is 1. The summed E-state index contributed by atoms with van der Waals surface area (Å²) in [7, 11) is 1.29. The van der Waals surface area contributed by atoms with Crippen LogP contribution >= 0.6 is 0 Å². The minimum Gasteiger partial charge on any atom is -0.481 e. The lowest BCUT2D eigenvalue weighted by Crippen LogP contribution is -2.35. The van der Waals surface area contributed by atoms with E-state index in [2.05, 4.69) is 4.74 Å². The van der Waals surface area contributed by atoms with Gasteiger partial charge in [0.25, 0.3) is 0 Å². The first kappa shape index (κ1) is 13.3. The zero-order valence-corrected chi connectivity index (χ0v) is 10.6. The van der Waals surface area contributed by atoms with Crippen molar-refractivity contribution in [2.75, 3.05) is 13.7 Å². The Kier molecular flexibility index (Phi) is 4.22. The van der Waals surface area contributed by atoms with E-state index in [1.165, 1.54) is 20.0 Å². The van der Waals surface area contributed by atoms with Crippen LogP contribution in [-0.4, -0.2) is 36.9 Å². The van der Waals surface area contributed by atoms with Crippen molar-refractivity contribution in [2.45, 2.75) is 38.2 Å². The first-order valence-electron chi connectivity index (χ1n) is 6.53. The van der Waals surface area contributed by atoms with Gasteiger partial charge in [0.15, 0.2) is 0 Å². The van der Waals surface area contributed by atoms with Crippen molar-refractivity contribution in [2.24, 2.45) is 17.8 Å². The van der Waals surface area contributed by atoms with Gasteiger partial charge in [0.1, 0.15) is 0 Å². The van der Waals surface area contributed by atoms with Gasteiger partial charge < -0.3 is 14.6 Å². The molecular weight excluding hydrogens is 236 g/mol. The van der Waals surface area contributed by atoms with Gasteiger partial charge in [0.05, 0.1) is 25.6 Å². The highest BCUT2D eigenvalue weighted by Gasteiger charge is 2.40. The Bertz CT molecular complexity index is 323. The fraction of sp³-hybridized carbons (Fsp3) is 0.846. The molecule has 1 heterocycles. The van der Waals surface area contributed by atoms with Crippen LogP contribution in [0.4, 0.5) is 0 Å². The van der Waals surface area contributed by atoms with Gasteiger partial charge in [-0.05, 0) is 37.5 Å². The molecule has 1 saturated carbocycles. The minimum absolute atomic E-state index is 0.0287. The van der Waals surface area contributed by atoms with Crippen molar-refractivity contribution in [3.8, 4) is 0 Å². The molecule has 5 heteroatoms. The van der Waals surface area contributed by atoms with Crippen molar-refractivity contribution >= 4 is 11.9 Å². The van der Waals surface area contributed by atoms with Crippen molar-refractivity contribution in [3.63, 3.8) is 0 Å². The van der Waals surface area contributed by atoms with Gasteiger partial charge in [-0.2, -0.15) is 0 Å². The largest absolute Gasteiger partial charge is 0.481 e. The van der Waals surface area contributed by atoms with Crippen LogP contribution in [0, 0.1) is 17.8 Å². The van der Waals surface area contributed by atoms with Crippen LogP contribution in [0.2, 0.25) is 0 Å².